The van der Waals surface area contributed by atoms with E-state index in [9.17, 15) is 4.79 Å². The molecule has 0 unspecified atom stereocenters. The summed E-state index contributed by atoms with van der Waals surface area (Å²) in [6, 6.07) is 5.25. The zero-order valence-electron chi connectivity index (χ0n) is 18.2. The van der Waals surface area contributed by atoms with Crippen LogP contribution in [0.15, 0.2) is 34.1 Å². The van der Waals surface area contributed by atoms with Gasteiger partial charge in [-0.15, -0.1) is 32.9 Å². The highest BCUT2D eigenvalue weighted by Gasteiger charge is 2.19. The maximum absolute atomic E-state index is 12.6. The minimum absolute atomic E-state index is 0.154. The molecule has 0 saturated heterocycles. The van der Waals surface area contributed by atoms with Crippen LogP contribution in [0.4, 0.5) is 5.13 Å². The first-order valence-corrected chi connectivity index (χ1v) is 13.7. The van der Waals surface area contributed by atoms with Crippen molar-refractivity contribution in [3.8, 4) is 22.6 Å². The lowest BCUT2D eigenvalue weighted by atomic mass is 10.1. The number of halogens is 2. The van der Waals surface area contributed by atoms with Crippen LogP contribution in [0.5, 0.6) is 0 Å². The molecule has 172 valence electrons. The van der Waals surface area contributed by atoms with Gasteiger partial charge in [-0.1, -0.05) is 41.9 Å². The van der Waals surface area contributed by atoms with Crippen molar-refractivity contribution in [1.82, 2.24) is 19.7 Å². The SMILES string of the molecule is CCCn1c(SCC(=O)Nc2nc(-c3ccc(Cl)cc3Cl)cs2)nnc1-c1csc(C)c1C. The molecule has 0 radical (unpaired) electrons. The molecule has 0 atom stereocenters. The Bertz CT molecular complexity index is 1300. The molecule has 0 fully saturated rings. The van der Waals surface area contributed by atoms with Gasteiger partial charge in [0.15, 0.2) is 16.1 Å². The van der Waals surface area contributed by atoms with Gasteiger partial charge in [0, 0.05) is 38.3 Å². The first-order chi connectivity index (χ1) is 15.9. The molecule has 1 amide bonds. The lowest BCUT2D eigenvalue weighted by molar-refractivity contribution is -0.113. The molecule has 0 aliphatic carbocycles. The number of hydrogen-bond donors (Lipinski definition) is 1. The van der Waals surface area contributed by atoms with Crippen LogP contribution in [-0.2, 0) is 11.3 Å². The van der Waals surface area contributed by atoms with Crippen molar-refractivity contribution in [3.05, 3.63) is 49.4 Å². The molecular formula is C22H21Cl2N5OS3. The van der Waals surface area contributed by atoms with E-state index in [2.05, 4.69) is 51.2 Å². The number of anilines is 1. The van der Waals surface area contributed by atoms with Gasteiger partial charge in [0.05, 0.1) is 16.5 Å². The molecule has 3 aromatic heterocycles. The molecular weight excluding hydrogens is 517 g/mol. The van der Waals surface area contributed by atoms with Gasteiger partial charge in [-0.3, -0.25) is 4.79 Å². The van der Waals surface area contributed by atoms with Crippen LogP contribution in [0, 0.1) is 13.8 Å². The van der Waals surface area contributed by atoms with E-state index in [0.29, 0.717) is 20.9 Å². The van der Waals surface area contributed by atoms with Crippen LogP contribution in [0.1, 0.15) is 23.8 Å². The van der Waals surface area contributed by atoms with Crippen LogP contribution in [0.2, 0.25) is 10.0 Å². The summed E-state index contributed by atoms with van der Waals surface area (Å²) in [4.78, 5) is 18.3. The Kier molecular flexibility index (Phi) is 7.76. The standard InChI is InChI=1S/C22H21Cl2N5OS3/c1-4-7-29-20(16-9-31-13(3)12(16)2)27-28-22(29)33-11-19(30)26-21-25-18(10-32-21)15-6-5-14(23)8-17(15)24/h5-6,8-10H,4,7,11H2,1-3H3,(H,25,26,30). The Labute approximate surface area is 214 Å². The summed E-state index contributed by atoms with van der Waals surface area (Å²) in [5.74, 6) is 0.907. The second kappa shape index (κ2) is 10.6. The van der Waals surface area contributed by atoms with Crippen LogP contribution >= 0.6 is 57.6 Å². The van der Waals surface area contributed by atoms with E-state index in [1.54, 1.807) is 23.5 Å². The highest BCUT2D eigenvalue weighted by Crippen LogP contribution is 2.33. The number of carbonyl (C=O) groups excluding carboxylic acids is 1. The Morgan fingerprint density at radius 3 is 2.67 bits per heavy atom. The average molecular weight is 539 g/mol. The molecule has 0 aliphatic rings. The predicted octanol–water partition coefficient (Wildman–Crippen LogP) is 7.19. The van der Waals surface area contributed by atoms with Crippen molar-refractivity contribution in [2.75, 3.05) is 11.1 Å². The molecule has 0 bridgehead atoms. The van der Waals surface area contributed by atoms with E-state index < -0.39 is 0 Å². The average Bonchev–Trinajstić information content (AvgIpc) is 3.47. The molecule has 33 heavy (non-hydrogen) atoms. The number of hydrogen-bond acceptors (Lipinski definition) is 7. The predicted molar refractivity (Wildman–Crippen MR) is 140 cm³/mol. The molecule has 4 aromatic rings. The van der Waals surface area contributed by atoms with Gasteiger partial charge >= 0.3 is 0 Å². The quantitative estimate of drug-likeness (QED) is 0.240. The van der Waals surface area contributed by atoms with Crippen molar-refractivity contribution < 1.29 is 4.79 Å². The maximum Gasteiger partial charge on any atom is 0.236 e. The topological polar surface area (TPSA) is 72.7 Å². The highest BCUT2D eigenvalue weighted by molar-refractivity contribution is 7.99. The molecule has 0 spiro atoms. The van der Waals surface area contributed by atoms with Gasteiger partial charge in [-0.05, 0) is 44.0 Å². The summed E-state index contributed by atoms with van der Waals surface area (Å²) < 4.78 is 2.09. The summed E-state index contributed by atoms with van der Waals surface area (Å²) in [6.45, 7) is 7.11. The number of amides is 1. The van der Waals surface area contributed by atoms with Gasteiger partial charge in [0.25, 0.3) is 0 Å². The summed E-state index contributed by atoms with van der Waals surface area (Å²) in [5, 5.41) is 18.0. The largest absolute Gasteiger partial charge is 0.302 e. The van der Waals surface area contributed by atoms with Crippen LogP contribution in [0.25, 0.3) is 22.6 Å². The third-order valence-electron chi connectivity index (χ3n) is 4.98. The van der Waals surface area contributed by atoms with Crippen LogP contribution < -0.4 is 5.32 Å². The van der Waals surface area contributed by atoms with Crippen molar-refractivity contribution in [2.45, 2.75) is 38.9 Å². The third-order valence-corrected chi connectivity index (χ3v) is 8.27. The molecule has 4 rings (SSSR count). The van der Waals surface area contributed by atoms with E-state index in [4.69, 9.17) is 23.2 Å². The normalized spacial score (nSPS) is 11.2. The first kappa shape index (κ1) is 24.2. The van der Waals surface area contributed by atoms with Gasteiger partial charge in [-0.25, -0.2) is 4.98 Å². The number of nitrogens with one attached hydrogen (secondary N) is 1. The molecule has 1 N–H and O–H groups in total. The van der Waals surface area contributed by atoms with Gasteiger partial charge in [0.1, 0.15) is 0 Å². The third kappa shape index (κ3) is 5.44. The van der Waals surface area contributed by atoms with Crippen molar-refractivity contribution in [2.24, 2.45) is 0 Å². The Morgan fingerprint density at radius 1 is 1.15 bits per heavy atom. The molecule has 1 aromatic carbocycles. The highest BCUT2D eigenvalue weighted by atomic mass is 35.5. The van der Waals surface area contributed by atoms with E-state index >= 15 is 0 Å². The molecule has 3 heterocycles. The number of nitrogens with zero attached hydrogens (tertiary/aromatic N) is 4. The van der Waals surface area contributed by atoms with Gasteiger partial charge in [0.2, 0.25) is 5.91 Å². The fourth-order valence-electron chi connectivity index (χ4n) is 3.19. The number of thiazole rings is 1. The van der Waals surface area contributed by atoms with E-state index in [-0.39, 0.29) is 11.7 Å². The van der Waals surface area contributed by atoms with Crippen molar-refractivity contribution in [1.29, 1.82) is 0 Å². The second-order valence-electron chi connectivity index (χ2n) is 7.29. The minimum Gasteiger partial charge on any atom is -0.302 e. The van der Waals surface area contributed by atoms with Crippen LogP contribution in [0.3, 0.4) is 0 Å². The fraction of sp³-hybridized carbons (Fsp3) is 0.273. The Morgan fingerprint density at radius 2 is 1.97 bits per heavy atom. The molecule has 11 heteroatoms. The van der Waals surface area contributed by atoms with E-state index in [1.165, 1.54) is 33.5 Å². The number of carbonyl (C=O) groups is 1. The Balaban J connectivity index is 1.43. The zero-order chi connectivity index (χ0) is 23.5. The lowest BCUT2D eigenvalue weighted by Gasteiger charge is -2.08. The maximum atomic E-state index is 12.6. The number of thioether (sulfide) groups is 1. The summed E-state index contributed by atoms with van der Waals surface area (Å²) in [7, 11) is 0. The van der Waals surface area contributed by atoms with E-state index in [1.807, 2.05) is 11.4 Å². The zero-order valence-corrected chi connectivity index (χ0v) is 22.1. The first-order valence-electron chi connectivity index (χ1n) is 10.2. The lowest BCUT2D eigenvalue weighted by Crippen LogP contribution is -2.14. The number of rotatable bonds is 8. The minimum atomic E-state index is -0.154. The number of aryl methyl sites for hydroxylation is 1. The van der Waals surface area contributed by atoms with E-state index in [0.717, 1.165) is 35.1 Å². The summed E-state index contributed by atoms with van der Waals surface area (Å²) in [6.07, 6.45) is 0.947. The van der Waals surface area contributed by atoms with Crippen LogP contribution in [-0.4, -0.2) is 31.4 Å². The monoisotopic (exact) mass is 537 g/mol. The fourth-order valence-corrected chi connectivity index (χ4v) is 6.05. The number of aromatic nitrogens is 4. The van der Waals surface area contributed by atoms with Gasteiger partial charge in [-0.2, -0.15) is 0 Å². The second-order valence-corrected chi connectivity index (χ2v) is 11.0. The number of thiophene rings is 1. The van der Waals surface area contributed by atoms with Crippen molar-refractivity contribution >= 4 is 68.7 Å². The van der Waals surface area contributed by atoms with Crippen molar-refractivity contribution in [3.63, 3.8) is 0 Å². The number of benzene rings is 1. The molecule has 0 saturated carbocycles. The summed E-state index contributed by atoms with van der Waals surface area (Å²) in [5.41, 5.74) is 3.79. The Hall–Kier alpha value is -1.91. The van der Waals surface area contributed by atoms with Gasteiger partial charge < -0.3 is 9.88 Å². The molecule has 6 nitrogen and oxygen atoms in total. The summed E-state index contributed by atoms with van der Waals surface area (Å²) >= 11 is 16.7. The molecule has 0 aliphatic heterocycles. The smallest absolute Gasteiger partial charge is 0.236 e.